The maximum Gasteiger partial charge on any atom is 0.251 e. The van der Waals surface area contributed by atoms with Gasteiger partial charge in [-0.1, -0.05) is 0 Å². The van der Waals surface area contributed by atoms with E-state index < -0.39 is 20.3 Å². The smallest absolute Gasteiger partial charge is 0.251 e. The van der Waals surface area contributed by atoms with Gasteiger partial charge in [-0.3, -0.25) is 0 Å². The molecule has 0 aromatic heterocycles. The third kappa shape index (κ3) is 4.58. The summed E-state index contributed by atoms with van der Waals surface area (Å²) >= 11 is -2.27. The first-order valence-electron chi connectivity index (χ1n) is 9.66. The molecule has 4 heteroatoms. The van der Waals surface area contributed by atoms with Crippen LogP contribution in [0.5, 0.6) is 0 Å². The van der Waals surface area contributed by atoms with E-state index in [1.807, 2.05) is 0 Å². The first kappa shape index (κ1) is 23.2. The Morgan fingerprint density at radius 3 is 1.44 bits per heavy atom. The number of hydrogen-bond donors (Lipinski definition) is 0. The van der Waals surface area contributed by atoms with Crippen molar-refractivity contribution in [1.29, 1.82) is 0 Å². The van der Waals surface area contributed by atoms with E-state index in [0.29, 0.717) is 0 Å². The Morgan fingerprint density at radius 1 is 0.704 bits per heavy atom. The Bertz CT molecular complexity index is 774. The van der Waals surface area contributed by atoms with Gasteiger partial charge in [-0.15, -0.1) is 17.4 Å². The van der Waals surface area contributed by atoms with Gasteiger partial charge in [-0.2, -0.15) is 0 Å². The van der Waals surface area contributed by atoms with Crippen LogP contribution in [0.1, 0.15) is 29.5 Å². The number of fused-ring (bicyclic) bond motifs is 2. The van der Waals surface area contributed by atoms with Crippen LogP contribution in [0.25, 0.3) is 12.2 Å². The second-order valence-corrected chi connectivity index (χ2v) is 23.4. The molecule has 1 fully saturated rings. The molecule has 27 heavy (non-hydrogen) atoms. The third-order valence-electron chi connectivity index (χ3n) is 5.66. The van der Waals surface area contributed by atoms with Gasteiger partial charge in [-0.05, 0) is 0 Å². The maximum absolute atomic E-state index is 2.54. The first-order valence-corrected chi connectivity index (χ1v) is 19.4. The van der Waals surface area contributed by atoms with Crippen molar-refractivity contribution in [2.24, 2.45) is 0 Å². The molecular weight excluding hydrogens is 465 g/mol. The van der Waals surface area contributed by atoms with Crippen LogP contribution in [0.2, 0.25) is 25.6 Å². The van der Waals surface area contributed by atoms with Gasteiger partial charge in [0.25, 0.3) is 14.1 Å². The molecule has 2 aromatic carbocycles. The molecule has 2 aromatic rings. The van der Waals surface area contributed by atoms with Crippen LogP contribution in [-0.2, 0) is 20.3 Å². The van der Waals surface area contributed by atoms with Gasteiger partial charge >= 0.3 is 131 Å². The molecule has 5 rings (SSSR count). The van der Waals surface area contributed by atoms with Crippen LogP contribution in [0, 0.1) is 0 Å². The third-order valence-corrected chi connectivity index (χ3v) is 18.3. The molecular formula is C23H27AlCl2Zr. The Hall–Kier alpha value is -0.0844. The van der Waals surface area contributed by atoms with Crippen LogP contribution in [0.15, 0.2) is 60.7 Å². The molecule has 1 heterocycles. The second kappa shape index (κ2) is 9.61. The average Bonchev–Trinajstić information content (AvgIpc) is 3.09. The molecule has 1 saturated heterocycles. The number of allylic oxidation sites excluding steroid dienone is 2. The maximum atomic E-state index is 2.54. The predicted octanol–water partition coefficient (Wildman–Crippen LogP) is 0.905. The Balaban J connectivity index is 0.000000401. The van der Waals surface area contributed by atoms with Crippen molar-refractivity contribution in [2.45, 2.75) is 32.9 Å². The minimum absolute atomic E-state index is 0. The standard InChI is InChI=1S/2C9H7.C2H4.3CH3.Al.2ClH.Zr/c2*1-2-5-9-7-3-6-8(9)4-1;1-2;;;;;;;/h2*1-7H;1-2H2;3*1H3;;2*1H;/q;;;;;;;;;+2/p-2. The monoisotopic (exact) mass is 490 g/mol. The molecule has 0 amide bonds. The van der Waals surface area contributed by atoms with E-state index in [4.69, 9.17) is 0 Å². The molecule has 3 aliphatic rings. The fourth-order valence-corrected chi connectivity index (χ4v) is 20.1. The summed E-state index contributed by atoms with van der Waals surface area (Å²) in [4.78, 5) is 0. The van der Waals surface area contributed by atoms with Crippen LogP contribution < -0.4 is 24.8 Å². The summed E-state index contributed by atoms with van der Waals surface area (Å²) in [5, 5.41) is 0. The number of rotatable bonds is 2. The summed E-state index contributed by atoms with van der Waals surface area (Å²) in [7, 11) is 0. The van der Waals surface area contributed by atoms with Gasteiger partial charge in [0, 0.05) is 0 Å². The summed E-state index contributed by atoms with van der Waals surface area (Å²) in [5.41, 5.74) is 6.20. The molecule has 2 aliphatic carbocycles. The zero-order chi connectivity index (χ0) is 17.4. The van der Waals surface area contributed by atoms with Crippen LogP contribution in [0.4, 0.5) is 0 Å². The molecule has 0 saturated carbocycles. The molecule has 0 radical (unpaired) electrons. The summed E-state index contributed by atoms with van der Waals surface area (Å²) in [6.45, 7) is 0. The minimum Gasteiger partial charge on any atom is -1.00 e. The van der Waals surface area contributed by atoms with Crippen molar-refractivity contribution >= 4 is 26.3 Å². The number of halogens is 2. The Labute approximate surface area is 185 Å². The van der Waals surface area contributed by atoms with Crippen LogP contribution in [-0.4, -0.2) is 14.1 Å². The second-order valence-electron chi connectivity index (χ2n) is 8.40. The van der Waals surface area contributed by atoms with Gasteiger partial charge < -0.3 is 24.8 Å². The van der Waals surface area contributed by atoms with Crippen molar-refractivity contribution in [1.82, 2.24) is 0 Å². The van der Waals surface area contributed by atoms with E-state index >= 15 is 0 Å². The van der Waals surface area contributed by atoms with E-state index in [-0.39, 0.29) is 39.0 Å². The molecule has 0 bridgehead atoms. The molecule has 0 spiro atoms. The van der Waals surface area contributed by atoms with Crippen LogP contribution >= 0.6 is 0 Å². The molecule has 0 N–H and O–H groups in total. The van der Waals surface area contributed by atoms with Gasteiger partial charge in [-0.25, -0.2) is 0 Å². The summed E-state index contributed by atoms with van der Waals surface area (Å²) in [6.07, 6.45) is 9.84. The number of hydrogen-bond acceptors (Lipinski definition) is 0. The first-order chi connectivity index (χ1) is 12.1. The molecule has 140 valence electrons. The van der Waals surface area contributed by atoms with E-state index in [1.165, 1.54) is 11.1 Å². The molecule has 2 atom stereocenters. The van der Waals surface area contributed by atoms with E-state index in [9.17, 15) is 0 Å². The number of benzene rings is 2. The van der Waals surface area contributed by atoms with E-state index in [2.05, 4.69) is 90.2 Å². The Morgan fingerprint density at radius 2 is 1.07 bits per heavy atom. The van der Waals surface area contributed by atoms with Crippen LogP contribution in [0.3, 0.4) is 0 Å². The minimum atomic E-state index is -2.13. The Kier molecular flexibility index (Phi) is 8.26. The van der Waals surface area contributed by atoms with Crippen molar-refractivity contribution < 1.29 is 45.1 Å². The fourth-order valence-electron chi connectivity index (χ4n) is 4.46. The van der Waals surface area contributed by atoms with E-state index in [0.717, 1.165) is 7.25 Å². The summed E-state index contributed by atoms with van der Waals surface area (Å²) in [5.74, 6) is 6.92. The van der Waals surface area contributed by atoms with Gasteiger partial charge in [0.1, 0.15) is 0 Å². The fraction of sp³-hybridized carbons (Fsp3) is 0.304. The normalized spacial score (nSPS) is 20.6. The molecule has 2 unspecified atom stereocenters. The largest absolute Gasteiger partial charge is 1.00 e. The van der Waals surface area contributed by atoms with Gasteiger partial charge in [0.2, 0.25) is 0 Å². The summed E-state index contributed by atoms with van der Waals surface area (Å²) < 4.78 is 4.72. The molecule has 0 nitrogen and oxygen atoms in total. The van der Waals surface area contributed by atoms with Crippen molar-refractivity contribution in [3.63, 3.8) is 0 Å². The quantitative estimate of drug-likeness (QED) is 0.547. The van der Waals surface area contributed by atoms with Gasteiger partial charge in [0.15, 0.2) is 0 Å². The van der Waals surface area contributed by atoms with Crippen molar-refractivity contribution in [3.8, 4) is 0 Å². The molecule has 1 aliphatic heterocycles. The predicted molar refractivity (Wildman–Crippen MR) is 109 cm³/mol. The average molecular weight is 493 g/mol. The topological polar surface area (TPSA) is 0 Å². The van der Waals surface area contributed by atoms with E-state index in [1.54, 1.807) is 19.4 Å². The SMILES string of the molecule is C1=C[CH]([Zr+2]2([CH]3C=Cc4ccccc43)[CH2][CH2]2)c2ccccc21.[CH3][Al]([CH3])[CH3].[Cl-].[Cl-]. The van der Waals surface area contributed by atoms with Gasteiger partial charge in [0.05, 0.1) is 0 Å². The zero-order valence-corrected chi connectivity index (χ0v) is 21.5. The van der Waals surface area contributed by atoms with Crippen molar-refractivity contribution in [2.75, 3.05) is 0 Å². The van der Waals surface area contributed by atoms with Crippen molar-refractivity contribution in [3.05, 3.63) is 82.9 Å². The summed E-state index contributed by atoms with van der Waals surface area (Å²) in [6, 6.07) is 18.1. The zero-order valence-electron chi connectivity index (χ0n) is 16.3.